The van der Waals surface area contributed by atoms with Crippen molar-refractivity contribution in [3.05, 3.63) is 83.8 Å². The molecule has 0 aliphatic carbocycles. The molecule has 156 valence electrons. The number of benzene rings is 2. The van der Waals surface area contributed by atoms with Gasteiger partial charge in [0, 0.05) is 0 Å². The van der Waals surface area contributed by atoms with Gasteiger partial charge in [0.15, 0.2) is 6.10 Å². The molecule has 2 N–H and O–H groups in total. The molecule has 6 heteroatoms. The van der Waals surface area contributed by atoms with Crippen LogP contribution in [0.15, 0.2) is 71.3 Å². The smallest absolute Gasteiger partial charge is 0.265 e. The lowest BCUT2D eigenvalue weighted by atomic mass is 10.0. The van der Waals surface area contributed by atoms with Crippen molar-refractivity contribution in [3.63, 3.8) is 0 Å². The molecule has 1 heterocycles. The molecule has 6 nitrogen and oxygen atoms in total. The first kappa shape index (κ1) is 21.2. The summed E-state index contributed by atoms with van der Waals surface area (Å²) >= 11 is 0. The number of nitrogens with one attached hydrogen (secondary N) is 2. The van der Waals surface area contributed by atoms with Gasteiger partial charge in [-0.3, -0.25) is 9.59 Å². The van der Waals surface area contributed by atoms with Crippen molar-refractivity contribution in [1.29, 1.82) is 0 Å². The largest absolute Gasteiger partial charge is 0.481 e. The third-order valence-electron chi connectivity index (χ3n) is 4.65. The number of furan rings is 1. The molecule has 1 aromatic heterocycles. The topological polar surface area (TPSA) is 80.6 Å². The second-order valence-electron chi connectivity index (χ2n) is 7.25. The molecule has 0 radical (unpaired) electrons. The van der Waals surface area contributed by atoms with E-state index in [1.165, 1.54) is 0 Å². The van der Waals surface area contributed by atoms with Gasteiger partial charge < -0.3 is 19.8 Å². The summed E-state index contributed by atoms with van der Waals surface area (Å²) < 4.78 is 11.1. The molecule has 2 aromatic carbocycles. The summed E-state index contributed by atoms with van der Waals surface area (Å²) in [6.07, 6.45) is 0.818. The minimum absolute atomic E-state index is 0.264. The van der Waals surface area contributed by atoms with E-state index in [0.29, 0.717) is 22.8 Å². The van der Waals surface area contributed by atoms with Gasteiger partial charge in [0.1, 0.15) is 11.5 Å². The lowest BCUT2D eigenvalue weighted by molar-refractivity contribution is -0.122. The number of hydrogen-bond donors (Lipinski definition) is 2. The van der Waals surface area contributed by atoms with E-state index in [0.717, 1.165) is 5.56 Å². The van der Waals surface area contributed by atoms with E-state index in [2.05, 4.69) is 24.5 Å². The van der Waals surface area contributed by atoms with Gasteiger partial charge in [-0.2, -0.15) is 0 Å². The molecule has 0 aliphatic rings. The Morgan fingerprint density at radius 1 is 0.967 bits per heavy atom. The number of carbonyl (C=O) groups is 2. The fraction of sp³-hybridized carbons (Fsp3) is 0.250. The van der Waals surface area contributed by atoms with Gasteiger partial charge in [0.25, 0.3) is 11.8 Å². The summed E-state index contributed by atoms with van der Waals surface area (Å²) in [4.78, 5) is 25.3. The Kier molecular flexibility index (Phi) is 6.91. The lowest BCUT2D eigenvalue weighted by Crippen LogP contribution is -2.32. The Morgan fingerprint density at radius 3 is 2.43 bits per heavy atom. The highest BCUT2D eigenvalue weighted by atomic mass is 16.5. The molecule has 3 rings (SSSR count). The monoisotopic (exact) mass is 406 g/mol. The second-order valence-corrected chi connectivity index (χ2v) is 7.25. The van der Waals surface area contributed by atoms with Crippen LogP contribution in [-0.2, 0) is 11.3 Å². The van der Waals surface area contributed by atoms with E-state index in [-0.39, 0.29) is 24.3 Å². The molecule has 0 spiro atoms. The predicted molar refractivity (Wildman–Crippen MR) is 116 cm³/mol. The van der Waals surface area contributed by atoms with Gasteiger partial charge in [0.05, 0.1) is 24.1 Å². The van der Waals surface area contributed by atoms with Crippen LogP contribution in [0.1, 0.15) is 48.4 Å². The van der Waals surface area contributed by atoms with Gasteiger partial charge in [0.2, 0.25) is 0 Å². The van der Waals surface area contributed by atoms with Crippen LogP contribution >= 0.6 is 0 Å². The molecular weight excluding hydrogens is 380 g/mol. The van der Waals surface area contributed by atoms with E-state index in [1.807, 2.05) is 24.3 Å². The van der Waals surface area contributed by atoms with Crippen LogP contribution < -0.4 is 15.4 Å². The zero-order valence-electron chi connectivity index (χ0n) is 17.3. The van der Waals surface area contributed by atoms with E-state index in [1.54, 1.807) is 49.6 Å². The van der Waals surface area contributed by atoms with Crippen LogP contribution in [0.5, 0.6) is 5.75 Å². The first-order valence-electron chi connectivity index (χ1n) is 9.91. The van der Waals surface area contributed by atoms with Gasteiger partial charge >= 0.3 is 0 Å². The zero-order chi connectivity index (χ0) is 21.5. The van der Waals surface area contributed by atoms with Crippen molar-refractivity contribution in [2.75, 3.05) is 5.32 Å². The maximum Gasteiger partial charge on any atom is 0.265 e. The van der Waals surface area contributed by atoms with Gasteiger partial charge in [-0.1, -0.05) is 44.2 Å². The van der Waals surface area contributed by atoms with Crippen LogP contribution in [0.4, 0.5) is 5.69 Å². The molecule has 3 aromatic rings. The van der Waals surface area contributed by atoms with Gasteiger partial charge in [-0.05, 0) is 48.7 Å². The Morgan fingerprint density at radius 2 is 1.70 bits per heavy atom. The average Bonchev–Trinajstić information content (AvgIpc) is 3.26. The predicted octanol–water partition coefficient (Wildman–Crippen LogP) is 4.74. The highest BCUT2D eigenvalue weighted by molar-refractivity contribution is 6.04. The third kappa shape index (κ3) is 5.29. The highest BCUT2D eigenvalue weighted by Crippen LogP contribution is 2.27. The first-order valence-corrected chi connectivity index (χ1v) is 9.91. The summed E-state index contributed by atoms with van der Waals surface area (Å²) in [6.45, 7) is 6.10. The van der Waals surface area contributed by atoms with Crippen LogP contribution in [0, 0.1) is 0 Å². The maximum atomic E-state index is 12.7. The van der Waals surface area contributed by atoms with Crippen LogP contribution in [0.25, 0.3) is 0 Å². The molecule has 0 unspecified atom stereocenters. The molecule has 30 heavy (non-hydrogen) atoms. The molecule has 0 fully saturated rings. The fourth-order valence-corrected chi connectivity index (χ4v) is 3.01. The molecule has 0 saturated carbocycles. The van der Waals surface area contributed by atoms with E-state index in [4.69, 9.17) is 9.15 Å². The van der Waals surface area contributed by atoms with Crippen molar-refractivity contribution in [1.82, 2.24) is 5.32 Å². The summed E-state index contributed by atoms with van der Waals surface area (Å²) in [7, 11) is 0. The zero-order valence-corrected chi connectivity index (χ0v) is 17.3. The lowest BCUT2D eigenvalue weighted by Gasteiger charge is -2.19. The Labute approximate surface area is 176 Å². The van der Waals surface area contributed by atoms with Crippen molar-refractivity contribution in [3.8, 4) is 5.75 Å². The Balaban J connectivity index is 1.67. The minimum atomic E-state index is -0.732. The highest BCUT2D eigenvalue weighted by Gasteiger charge is 2.20. The number of amides is 2. The molecular formula is C24H26N2O4. The van der Waals surface area contributed by atoms with Crippen molar-refractivity contribution in [2.24, 2.45) is 0 Å². The van der Waals surface area contributed by atoms with E-state index < -0.39 is 6.10 Å². The second kappa shape index (κ2) is 9.78. The molecule has 0 saturated heterocycles. The molecule has 2 amide bonds. The number of hydrogen-bond acceptors (Lipinski definition) is 4. The maximum absolute atomic E-state index is 12.7. The summed E-state index contributed by atoms with van der Waals surface area (Å²) in [5, 5.41) is 5.59. The summed E-state index contributed by atoms with van der Waals surface area (Å²) in [5.41, 5.74) is 1.83. The Bertz CT molecular complexity index is 996. The van der Waals surface area contributed by atoms with E-state index in [9.17, 15) is 9.59 Å². The molecule has 1 atom stereocenters. The third-order valence-corrected chi connectivity index (χ3v) is 4.65. The van der Waals surface area contributed by atoms with Crippen LogP contribution in [-0.4, -0.2) is 17.9 Å². The molecule has 0 bridgehead atoms. The summed E-state index contributed by atoms with van der Waals surface area (Å²) in [6, 6.07) is 18.1. The fourth-order valence-electron chi connectivity index (χ4n) is 3.01. The number of para-hydroxylation sites is 2. The minimum Gasteiger partial charge on any atom is -0.481 e. The van der Waals surface area contributed by atoms with Gasteiger partial charge in [-0.25, -0.2) is 0 Å². The normalized spacial score (nSPS) is 11.7. The molecule has 0 aliphatic heterocycles. The number of anilines is 1. The first-order chi connectivity index (χ1) is 14.5. The SMILES string of the molecule is CC(C)c1ccccc1O[C@H](C)C(=O)Nc1ccccc1C(=O)NCc1ccco1. The van der Waals surface area contributed by atoms with Crippen molar-refractivity contribution >= 4 is 17.5 Å². The Hall–Kier alpha value is -3.54. The number of carbonyl (C=O) groups excluding carboxylic acids is 2. The van der Waals surface area contributed by atoms with E-state index >= 15 is 0 Å². The average molecular weight is 406 g/mol. The van der Waals surface area contributed by atoms with Crippen molar-refractivity contribution in [2.45, 2.75) is 39.3 Å². The quantitative estimate of drug-likeness (QED) is 0.566. The van der Waals surface area contributed by atoms with Crippen LogP contribution in [0.2, 0.25) is 0 Å². The summed E-state index contributed by atoms with van der Waals surface area (Å²) in [5.74, 6) is 0.964. The number of rotatable bonds is 8. The van der Waals surface area contributed by atoms with Crippen LogP contribution in [0.3, 0.4) is 0 Å². The number of ether oxygens (including phenoxy) is 1. The standard InChI is InChI=1S/C24H26N2O4/c1-16(2)19-10-5-7-13-22(19)30-17(3)23(27)26-21-12-6-4-11-20(21)24(28)25-15-18-9-8-14-29-18/h4-14,16-17H,15H2,1-3H3,(H,25,28)(H,26,27)/t17-/m1/s1. The van der Waals surface area contributed by atoms with Gasteiger partial charge in [-0.15, -0.1) is 0 Å². The van der Waals surface area contributed by atoms with Crippen molar-refractivity contribution < 1.29 is 18.7 Å².